The molecule has 16 heavy (non-hydrogen) atoms. The summed E-state index contributed by atoms with van der Waals surface area (Å²) in [7, 11) is 0. The van der Waals surface area contributed by atoms with E-state index in [1.165, 1.54) is 6.07 Å². The van der Waals surface area contributed by atoms with Crippen molar-refractivity contribution in [3.05, 3.63) is 34.1 Å². The lowest BCUT2D eigenvalue weighted by Gasteiger charge is -2.10. The molecule has 0 amide bonds. The van der Waals surface area contributed by atoms with Gasteiger partial charge in [0.05, 0.1) is 6.10 Å². The zero-order valence-corrected chi connectivity index (χ0v) is 10.6. The van der Waals surface area contributed by atoms with Gasteiger partial charge in [-0.15, -0.1) is 0 Å². The van der Waals surface area contributed by atoms with Gasteiger partial charge in [-0.05, 0) is 36.6 Å². The second-order valence-corrected chi connectivity index (χ2v) is 4.96. The predicted molar refractivity (Wildman–Crippen MR) is 64.8 cm³/mol. The van der Waals surface area contributed by atoms with E-state index in [0.29, 0.717) is 12.6 Å². The number of benzene rings is 1. The van der Waals surface area contributed by atoms with Crippen molar-refractivity contribution in [2.75, 3.05) is 13.2 Å². The molecule has 0 aliphatic carbocycles. The molecule has 2 nitrogen and oxygen atoms in total. The van der Waals surface area contributed by atoms with E-state index >= 15 is 0 Å². The zero-order chi connectivity index (χ0) is 11.4. The average Bonchev–Trinajstić information content (AvgIpc) is 2.69. The van der Waals surface area contributed by atoms with Crippen LogP contribution in [0.15, 0.2) is 22.7 Å². The summed E-state index contributed by atoms with van der Waals surface area (Å²) >= 11 is 3.28. The van der Waals surface area contributed by atoms with Crippen molar-refractivity contribution in [3.63, 3.8) is 0 Å². The Kier molecular flexibility index (Phi) is 4.32. The first-order valence-corrected chi connectivity index (χ1v) is 6.30. The fourth-order valence-electron chi connectivity index (χ4n) is 1.90. The fourth-order valence-corrected chi connectivity index (χ4v) is 2.41. The minimum absolute atomic E-state index is 0.205. The summed E-state index contributed by atoms with van der Waals surface area (Å²) in [6.07, 6.45) is 2.61. The summed E-state index contributed by atoms with van der Waals surface area (Å²) < 4.78 is 19.3. The van der Waals surface area contributed by atoms with Crippen molar-refractivity contribution >= 4 is 15.9 Å². The first kappa shape index (κ1) is 12.0. The van der Waals surface area contributed by atoms with Crippen LogP contribution in [0.5, 0.6) is 0 Å². The zero-order valence-electron chi connectivity index (χ0n) is 9.01. The van der Waals surface area contributed by atoms with Crippen LogP contribution >= 0.6 is 15.9 Å². The Labute approximate surface area is 103 Å². The number of hydrogen-bond acceptors (Lipinski definition) is 2. The highest BCUT2D eigenvalue weighted by molar-refractivity contribution is 9.10. The topological polar surface area (TPSA) is 21.3 Å². The van der Waals surface area contributed by atoms with Crippen LogP contribution in [0, 0.1) is 5.82 Å². The molecule has 1 fully saturated rings. The maximum absolute atomic E-state index is 13.1. The molecule has 1 atom stereocenters. The Morgan fingerprint density at radius 3 is 3.00 bits per heavy atom. The van der Waals surface area contributed by atoms with Gasteiger partial charge in [-0.3, -0.25) is 0 Å². The van der Waals surface area contributed by atoms with Crippen LogP contribution in [0.25, 0.3) is 0 Å². The van der Waals surface area contributed by atoms with Gasteiger partial charge in [-0.25, -0.2) is 4.39 Å². The van der Waals surface area contributed by atoms with Gasteiger partial charge in [0.2, 0.25) is 0 Å². The SMILES string of the molecule is Fc1cc(Br)cc(CNCC2CCCO2)c1. The Balaban J connectivity index is 1.80. The third kappa shape index (κ3) is 3.54. The Morgan fingerprint density at radius 2 is 2.31 bits per heavy atom. The second-order valence-electron chi connectivity index (χ2n) is 4.04. The van der Waals surface area contributed by atoms with Crippen molar-refractivity contribution in [2.45, 2.75) is 25.5 Å². The van der Waals surface area contributed by atoms with Crippen molar-refractivity contribution < 1.29 is 9.13 Å². The van der Waals surface area contributed by atoms with Crippen molar-refractivity contribution in [1.82, 2.24) is 5.32 Å². The lowest BCUT2D eigenvalue weighted by atomic mass is 10.2. The summed E-state index contributed by atoms with van der Waals surface area (Å²) in [5.41, 5.74) is 0.949. The minimum atomic E-state index is -0.205. The van der Waals surface area contributed by atoms with E-state index in [4.69, 9.17) is 4.74 Å². The van der Waals surface area contributed by atoms with Crippen LogP contribution in [0.1, 0.15) is 18.4 Å². The van der Waals surface area contributed by atoms with Crippen molar-refractivity contribution in [2.24, 2.45) is 0 Å². The summed E-state index contributed by atoms with van der Waals surface area (Å²) in [4.78, 5) is 0. The first-order chi connectivity index (χ1) is 7.74. The molecular formula is C12H15BrFNO. The molecule has 0 radical (unpaired) electrons. The van der Waals surface area contributed by atoms with Crippen LogP contribution in [-0.4, -0.2) is 19.3 Å². The highest BCUT2D eigenvalue weighted by Crippen LogP contribution is 2.15. The van der Waals surface area contributed by atoms with Gasteiger partial charge in [0.25, 0.3) is 0 Å². The number of rotatable bonds is 4. The van der Waals surface area contributed by atoms with Crippen LogP contribution in [-0.2, 0) is 11.3 Å². The van der Waals surface area contributed by atoms with Gasteiger partial charge in [-0.1, -0.05) is 15.9 Å². The molecule has 4 heteroatoms. The monoisotopic (exact) mass is 287 g/mol. The van der Waals surface area contributed by atoms with Gasteiger partial charge < -0.3 is 10.1 Å². The quantitative estimate of drug-likeness (QED) is 0.920. The van der Waals surface area contributed by atoms with E-state index in [1.54, 1.807) is 6.07 Å². The van der Waals surface area contributed by atoms with E-state index in [9.17, 15) is 4.39 Å². The molecule has 0 bridgehead atoms. The van der Waals surface area contributed by atoms with Gasteiger partial charge in [0.1, 0.15) is 5.82 Å². The molecule has 1 unspecified atom stereocenters. The molecule has 1 N–H and O–H groups in total. The van der Waals surface area contributed by atoms with Crippen LogP contribution in [0.4, 0.5) is 4.39 Å². The van der Waals surface area contributed by atoms with Gasteiger partial charge in [-0.2, -0.15) is 0 Å². The minimum Gasteiger partial charge on any atom is -0.377 e. The summed E-state index contributed by atoms with van der Waals surface area (Å²) in [5, 5.41) is 3.29. The van der Waals surface area contributed by atoms with E-state index in [0.717, 1.165) is 36.0 Å². The Morgan fingerprint density at radius 1 is 1.44 bits per heavy atom. The standard InChI is InChI=1S/C12H15BrFNO/c13-10-4-9(5-11(14)6-10)7-15-8-12-2-1-3-16-12/h4-6,12,15H,1-3,7-8H2. The fraction of sp³-hybridized carbons (Fsp3) is 0.500. The molecule has 1 aliphatic heterocycles. The van der Waals surface area contributed by atoms with Gasteiger partial charge in [0, 0.05) is 24.2 Å². The molecule has 88 valence electrons. The number of ether oxygens (including phenoxy) is 1. The van der Waals surface area contributed by atoms with Crippen LogP contribution < -0.4 is 5.32 Å². The van der Waals surface area contributed by atoms with Crippen molar-refractivity contribution in [3.8, 4) is 0 Å². The highest BCUT2D eigenvalue weighted by atomic mass is 79.9. The Hall–Kier alpha value is -0.450. The molecule has 0 spiro atoms. The number of nitrogens with one attached hydrogen (secondary N) is 1. The molecule has 0 aromatic heterocycles. The normalized spacial score (nSPS) is 20.2. The molecule has 0 saturated carbocycles. The second kappa shape index (κ2) is 5.75. The maximum atomic E-state index is 13.1. The third-order valence-corrected chi connectivity index (χ3v) is 3.11. The predicted octanol–water partition coefficient (Wildman–Crippen LogP) is 2.86. The lowest BCUT2D eigenvalue weighted by molar-refractivity contribution is 0.110. The molecule has 1 heterocycles. The van der Waals surface area contributed by atoms with E-state index in [2.05, 4.69) is 21.2 Å². The van der Waals surface area contributed by atoms with Crippen LogP contribution in [0.2, 0.25) is 0 Å². The summed E-state index contributed by atoms with van der Waals surface area (Å²) in [6, 6.07) is 4.93. The van der Waals surface area contributed by atoms with E-state index in [1.807, 2.05) is 6.07 Å². The van der Waals surface area contributed by atoms with Gasteiger partial charge in [0.15, 0.2) is 0 Å². The van der Waals surface area contributed by atoms with E-state index < -0.39 is 0 Å². The lowest BCUT2D eigenvalue weighted by Crippen LogP contribution is -2.25. The molecule has 1 saturated heterocycles. The average molecular weight is 288 g/mol. The maximum Gasteiger partial charge on any atom is 0.124 e. The van der Waals surface area contributed by atoms with Gasteiger partial charge >= 0.3 is 0 Å². The van der Waals surface area contributed by atoms with Crippen LogP contribution in [0.3, 0.4) is 0 Å². The summed E-state index contributed by atoms with van der Waals surface area (Å²) in [6.45, 7) is 2.39. The number of halogens is 2. The summed E-state index contributed by atoms with van der Waals surface area (Å²) in [5.74, 6) is -0.205. The Bertz CT molecular complexity index is 333. The largest absolute Gasteiger partial charge is 0.377 e. The highest BCUT2D eigenvalue weighted by Gasteiger charge is 2.14. The van der Waals surface area contributed by atoms with Crippen molar-refractivity contribution in [1.29, 1.82) is 0 Å². The third-order valence-electron chi connectivity index (χ3n) is 2.65. The first-order valence-electron chi connectivity index (χ1n) is 5.51. The molecule has 1 aromatic rings. The smallest absolute Gasteiger partial charge is 0.124 e. The molecule has 2 rings (SSSR count). The molecular weight excluding hydrogens is 273 g/mol. The molecule has 1 aliphatic rings. The number of hydrogen-bond donors (Lipinski definition) is 1. The van der Waals surface area contributed by atoms with E-state index in [-0.39, 0.29) is 5.82 Å². The molecule has 1 aromatic carbocycles.